The van der Waals surface area contributed by atoms with Gasteiger partial charge in [-0.3, -0.25) is 18.6 Å². The highest BCUT2D eigenvalue weighted by Crippen LogP contribution is 2.21. The number of carbonyl (C=O) groups excluding carboxylic acids is 1. The van der Waals surface area contributed by atoms with Crippen molar-refractivity contribution in [1.29, 1.82) is 0 Å². The molecule has 0 atom stereocenters. The largest absolute Gasteiger partial charge is 0.326 e. The Morgan fingerprint density at radius 1 is 1.17 bits per heavy atom. The number of nitrogens with one attached hydrogen (secondary N) is 1. The van der Waals surface area contributed by atoms with E-state index in [-0.39, 0.29) is 17.9 Å². The summed E-state index contributed by atoms with van der Waals surface area (Å²) in [7, 11) is 0. The van der Waals surface area contributed by atoms with Gasteiger partial charge in [0.05, 0.1) is 5.52 Å². The molecule has 1 amide bonds. The van der Waals surface area contributed by atoms with Gasteiger partial charge in [-0.15, -0.1) is 21.5 Å². The number of thiophene rings is 1. The smallest absolute Gasteiger partial charge is 0.272 e. The van der Waals surface area contributed by atoms with E-state index in [1.54, 1.807) is 4.57 Å². The molecule has 1 aromatic carbocycles. The van der Waals surface area contributed by atoms with E-state index in [4.69, 9.17) is 0 Å². The van der Waals surface area contributed by atoms with Crippen LogP contribution in [0.25, 0.3) is 16.0 Å². The average molecular weight is 424 g/mol. The second-order valence-electron chi connectivity index (χ2n) is 7.62. The van der Waals surface area contributed by atoms with Gasteiger partial charge in [0.2, 0.25) is 11.7 Å². The quantitative estimate of drug-likeness (QED) is 0.485. The van der Waals surface area contributed by atoms with E-state index in [1.807, 2.05) is 41.8 Å². The zero-order chi connectivity index (χ0) is 21.3. The molecule has 0 aliphatic rings. The SMILES string of the molecule is CCCCn1c(=O)c2sccc2n2c(CCC(=O)Nc3cc(C)cc(C)c3)nnc12. The van der Waals surface area contributed by atoms with Crippen LogP contribution in [0.3, 0.4) is 0 Å². The molecule has 0 spiro atoms. The van der Waals surface area contributed by atoms with Crippen LogP contribution in [0.1, 0.15) is 43.1 Å². The molecule has 4 rings (SSSR count). The maximum absolute atomic E-state index is 12.9. The second-order valence-corrected chi connectivity index (χ2v) is 8.54. The highest BCUT2D eigenvalue weighted by molar-refractivity contribution is 7.17. The molecule has 7 nitrogen and oxygen atoms in total. The van der Waals surface area contributed by atoms with E-state index >= 15 is 0 Å². The van der Waals surface area contributed by atoms with Crippen LogP contribution < -0.4 is 10.9 Å². The van der Waals surface area contributed by atoms with Crippen molar-refractivity contribution in [2.75, 3.05) is 5.32 Å². The fourth-order valence-electron chi connectivity index (χ4n) is 3.76. The topological polar surface area (TPSA) is 81.3 Å². The molecule has 3 aromatic heterocycles. The Hall–Kier alpha value is -3.00. The number of benzene rings is 1. The summed E-state index contributed by atoms with van der Waals surface area (Å²) in [5, 5.41) is 13.5. The summed E-state index contributed by atoms with van der Waals surface area (Å²) in [6.45, 7) is 6.72. The molecule has 0 unspecified atom stereocenters. The predicted molar refractivity (Wildman–Crippen MR) is 120 cm³/mol. The fraction of sp³-hybridized carbons (Fsp3) is 0.364. The number of fused-ring (bicyclic) bond motifs is 3. The molecule has 0 saturated carbocycles. The third kappa shape index (κ3) is 3.87. The minimum absolute atomic E-state index is 0.0209. The first-order valence-corrected chi connectivity index (χ1v) is 11.1. The van der Waals surface area contributed by atoms with Crippen LogP contribution >= 0.6 is 11.3 Å². The summed E-state index contributed by atoms with van der Waals surface area (Å²) >= 11 is 1.43. The molecule has 0 aliphatic carbocycles. The minimum Gasteiger partial charge on any atom is -0.326 e. The van der Waals surface area contributed by atoms with Gasteiger partial charge in [0, 0.05) is 25.1 Å². The van der Waals surface area contributed by atoms with Crippen molar-refractivity contribution in [1.82, 2.24) is 19.2 Å². The van der Waals surface area contributed by atoms with Crippen LogP contribution in [0.5, 0.6) is 0 Å². The summed E-state index contributed by atoms with van der Waals surface area (Å²) in [5.74, 6) is 1.16. The molecule has 0 saturated heterocycles. The molecule has 3 heterocycles. The van der Waals surface area contributed by atoms with Crippen LogP contribution in [0.2, 0.25) is 0 Å². The van der Waals surface area contributed by atoms with Crippen molar-refractivity contribution >= 4 is 38.9 Å². The molecule has 0 fully saturated rings. The maximum Gasteiger partial charge on any atom is 0.272 e. The van der Waals surface area contributed by atoms with Gasteiger partial charge >= 0.3 is 0 Å². The number of aromatic nitrogens is 4. The monoisotopic (exact) mass is 423 g/mol. The van der Waals surface area contributed by atoms with Gasteiger partial charge in [-0.2, -0.15) is 0 Å². The van der Waals surface area contributed by atoms with Crippen molar-refractivity contribution < 1.29 is 4.79 Å². The zero-order valence-corrected chi connectivity index (χ0v) is 18.3. The lowest BCUT2D eigenvalue weighted by Crippen LogP contribution is -2.23. The Morgan fingerprint density at radius 3 is 2.67 bits per heavy atom. The average Bonchev–Trinajstić information content (AvgIpc) is 3.32. The number of amides is 1. The number of nitrogens with zero attached hydrogens (tertiary/aromatic N) is 4. The Kier molecular flexibility index (Phi) is 5.67. The molecular formula is C22H25N5O2S. The lowest BCUT2D eigenvalue weighted by Gasteiger charge is -2.09. The van der Waals surface area contributed by atoms with Gasteiger partial charge in [0.25, 0.3) is 5.56 Å². The summed E-state index contributed by atoms with van der Waals surface area (Å²) in [4.78, 5) is 25.4. The van der Waals surface area contributed by atoms with Crippen molar-refractivity contribution in [3.8, 4) is 0 Å². The molecule has 0 radical (unpaired) electrons. The van der Waals surface area contributed by atoms with Gasteiger partial charge in [-0.25, -0.2) is 0 Å². The third-order valence-electron chi connectivity index (χ3n) is 5.10. The fourth-order valence-corrected chi connectivity index (χ4v) is 4.58. The lowest BCUT2D eigenvalue weighted by molar-refractivity contribution is -0.116. The summed E-state index contributed by atoms with van der Waals surface area (Å²) in [6.07, 6.45) is 2.61. The van der Waals surface area contributed by atoms with Gasteiger partial charge in [-0.1, -0.05) is 19.4 Å². The molecule has 0 bridgehead atoms. The molecule has 156 valence electrons. The first-order valence-electron chi connectivity index (χ1n) is 10.2. The van der Waals surface area contributed by atoms with E-state index in [1.165, 1.54) is 11.3 Å². The lowest BCUT2D eigenvalue weighted by atomic mass is 10.1. The number of anilines is 1. The first-order chi connectivity index (χ1) is 14.5. The van der Waals surface area contributed by atoms with Crippen LogP contribution in [0.15, 0.2) is 34.4 Å². The molecular weight excluding hydrogens is 398 g/mol. The van der Waals surface area contributed by atoms with Gasteiger partial charge < -0.3 is 5.32 Å². The van der Waals surface area contributed by atoms with Crippen molar-refractivity contribution in [2.45, 2.75) is 53.0 Å². The Bertz CT molecular complexity index is 1260. The highest BCUT2D eigenvalue weighted by Gasteiger charge is 2.18. The number of hydrogen-bond acceptors (Lipinski definition) is 5. The number of rotatable bonds is 7. The maximum atomic E-state index is 12.9. The highest BCUT2D eigenvalue weighted by atomic mass is 32.1. The molecule has 30 heavy (non-hydrogen) atoms. The zero-order valence-electron chi connectivity index (χ0n) is 17.4. The van der Waals surface area contributed by atoms with E-state index in [9.17, 15) is 9.59 Å². The first kappa shape index (κ1) is 20.3. The van der Waals surface area contributed by atoms with Crippen molar-refractivity contribution in [3.05, 3.63) is 57.0 Å². The van der Waals surface area contributed by atoms with E-state index in [0.29, 0.717) is 29.3 Å². The summed E-state index contributed by atoms with van der Waals surface area (Å²) in [5.41, 5.74) is 3.81. The van der Waals surface area contributed by atoms with E-state index in [0.717, 1.165) is 35.2 Å². The van der Waals surface area contributed by atoms with Crippen LogP contribution in [0, 0.1) is 13.8 Å². The third-order valence-corrected chi connectivity index (χ3v) is 5.99. The Morgan fingerprint density at radius 2 is 1.93 bits per heavy atom. The predicted octanol–water partition coefficient (Wildman–Crippen LogP) is 4.09. The van der Waals surface area contributed by atoms with Crippen molar-refractivity contribution in [3.63, 3.8) is 0 Å². The van der Waals surface area contributed by atoms with E-state index in [2.05, 4.69) is 28.5 Å². The van der Waals surface area contributed by atoms with Gasteiger partial charge in [0.1, 0.15) is 10.5 Å². The standard InChI is InChI=1S/C22H25N5O2S/c1-4-5-9-26-21(29)20-17(8-10-30-20)27-18(24-25-22(26)27)6-7-19(28)23-16-12-14(2)11-15(3)13-16/h8,10-13H,4-7,9H2,1-3H3,(H,23,28). The molecule has 0 aliphatic heterocycles. The number of hydrogen-bond donors (Lipinski definition) is 1. The minimum atomic E-state index is -0.0717. The van der Waals surface area contributed by atoms with Gasteiger partial charge in [-0.05, 0) is 55.0 Å². The molecule has 4 aromatic rings. The summed E-state index contributed by atoms with van der Waals surface area (Å²) in [6, 6.07) is 7.90. The summed E-state index contributed by atoms with van der Waals surface area (Å²) < 4.78 is 4.32. The second kappa shape index (κ2) is 8.39. The Labute approximate surface area is 178 Å². The number of carbonyl (C=O) groups is 1. The van der Waals surface area contributed by atoms with E-state index < -0.39 is 0 Å². The Balaban J connectivity index is 1.61. The van der Waals surface area contributed by atoms with Gasteiger partial charge in [0.15, 0.2) is 0 Å². The number of aryl methyl sites for hydroxylation is 4. The van der Waals surface area contributed by atoms with Crippen molar-refractivity contribution in [2.24, 2.45) is 0 Å². The number of unbranched alkanes of at least 4 members (excludes halogenated alkanes) is 1. The van der Waals surface area contributed by atoms with Crippen LogP contribution in [-0.4, -0.2) is 25.1 Å². The molecule has 8 heteroatoms. The van der Waals surface area contributed by atoms with Crippen LogP contribution in [-0.2, 0) is 17.8 Å². The van der Waals surface area contributed by atoms with Crippen LogP contribution in [0.4, 0.5) is 5.69 Å². The normalized spacial score (nSPS) is 11.4. The molecule has 1 N–H and O–H groups in total.